The van der Waals surface area contributed by atoms with Crippen LogP contribution in [0.25, 0.3) is 10.9 Å². The Hall–Kier alpha value is -1.71. The number of hydrogen-bond acceptors (Lipinski definition) is 5. The molecule has 1 amide bonds. The molecule has 1 saturated carbocycles. The highest BCUT2D eigenvalue weighted by Crippen LogP contribution is 2.23. The van der Waals surface area contributed by atoms with Gasteiger partial charge in [-0.2, -0.15) is 0 Å². The van der Waals surface area contributed by atoms with E-state index in [-0.39, 0.29) is 12.1 Å². The molecule has 3 N–H and O–H groups in total. The molecule has 1 aliphatic rings. The molecule has 0 bridgehead atoms. The molecule has 3 rings (SSSR count). The number of nitrogens with zero attached hydrogens (tertiary/aromatic N) is 3. The van der Waals surface area contributed by atoms with Crippen molar-refractivity contribution in [3.8, 4) is 0 Å². The van der Waals surface area contributed by atoms with Gasteiger partial charge >= 0.3 is 6.09 Å². The molecule has 2 aromatic heterocycles. The first-order valence-electron chi connectivity index (χ1n) is 7.16. The normalized spacial score (nSPS) is 21.5. The van der Waals surface area contributed by atoms with E-state index in [1.54, 1.807) is 18.6 Å². The van der Waals surface area contributed by atoms with Gasteiger partial charge in [0, 0.05) is 30.0 Å². The van der Waals surface area contributed by atoms with Crippen LogP contribution in [0.3, 0.4) is 0 Å². The van der Waals surface area contributed by atoms with Gasteiger partial charge in [-0.15, -0.1) is 0 Å². The summed E-state index contributed by atoms with van der Waals surface area (Å²) in [6.07, 6.45) is 8.08. The van der Waals surface area contributed by atoms with Crippen molar-refractivity contribution in [1.29, 1.82) is 0 Å². The Bertz CT molecular complexity index is 696. The summed E-state index contributed by atoms with van der Waals surface area (Å²) < 4.78 is 0.962. The highest BCUT2D eigenvalue weighted by molar-refractivity contribution is 14.1. The van der Waals surface area contributed by atoms with E-state index in [1.807, 2.05) is 0 Å². The van der Waals surface area contributed by atoms with Crippen LogP contribution in [-0.2, 0) is 0 Å². The molecule has 0 spiro atoms. The number of fused-ring (bicyclic) bond motifs is 1. The van der Waals surface area contributed by atoms with Crippen molar-refractivity contribution in [2.24, 2.45) is 0 Å². The Balaban J connectivity index is 1.81. The topological polar surface area (TPSA) is 100 Å². The summed E-state index contributed by atoms with van der Waals surface area (Å²) in [5, 5.41) is 15.7. The zero-order chi connectivity index (χ0) is 15.5. The number of hydrogen-bond donors (Lipinski definition) is 3. The zero-order valence-corrected chi connectivity index (χ0v) is 13.9. The quantitative estimate of drug-likeness (QED) is 0.670. The molecule has 1 fully saturated rings. The maximum Gasteiger partial charge on any atom is 0.404 e. The van der Waals surface area contributed by atoms with Crippen LogP contribution in [0.5, 0.6) is 0 Å². The maximum absolute atomic E-state index is 10.9. The van der Waals surface area contributed by atoms with Gasteiger partial charge in [-0.1, -0.05) is 12.8 Å². The first-order chi connectivity index (χ1) is 10.6. The largest absolute Gasteiger partial charge is 0.465 e. The van der Waals surface area contributed by atoms with Crippen molar-refractivity contribution in [3.63, 3.8) is 0 Å². The van der Waals surface area contributed by atoms with Crippen LogP contribution in [0.1, 0.15) is 25.7 Å². The molecule has 2 heterocycles. The first-order valence-corrected chi connectivity index (χ1v) is 8.23. The van der Waals surface area contributed by atoms with E-state index in [0.29, 0.717) is 5.95 Å². The number of carboxylic acid groups (broad SMARTS) is 1. The van der Waals surface area contributed by atoms with Crippen LogP contribution in [0, 0.1) is 3.57 Å². The van der Waals surface area contributed by atoms with Crippen molar-refractivity contribution in [3.05, 3.63) is 22.2 Å². The number of rotatable bonds is 3. The van der Waals surface area contributed by atoms with Crippen LogP contribution in [0.2, 0.25) is 0 Å². The van der Waals surface area contributed by atoms with Gasteiger partial charge in [0.25, 0.3) is 0 Å². The number of aromatic nitrogens is 3. The van der Waals surface area contributed by atoms with Gasteiger partial charge in [-0.05, 0) is 35.4 Å². The predicted molar refractivity (Wildman–Crippen MR) is 90.9 cm³/mol. The van der Waals surface area contributed by atoms with E-state index in [9.17, 15) is 4.79 Å². The molecule has 1 aliphatic carbocycles. The third kappa shape index (κ3) is 3.37. The molecule has 22 heavy (non-hydrogen) atoms. The van der Waals surface area contributed by atoms with Crippen molar-refractivity contribution in [2.45, 2.75) is 37.8 Å². The van der Waals surface area contributed by atoms with E-state index in [1.165, 1.54) is 0 Å². The minimum Gasteiger partial charge on any atom is -0.465 e. The summed E-state index contributed by atoms with van der Waals surface area (Å²) in [6, 6.07) is -0.0937. The second kappa shape index (κ2) is 6.59. The van der Waals surface area contributed by atoms with Gasteiger partial charge in [-0.25, -0.2) is 14.8 Å². The number of halogens is 1. The van der Waals surface area contributed by atoms with Gasteiger partial charge in [0.15, 0.2) is 0 Å². The first kappa shape index (κ1) is 15.2. The second-order valence-corrected chi connectivity index (χ2v) is 6.51. The maximum atomic E-state index is 10.9. The highest BCUT2D eigenvalue weighted by atomic mass is 127. The van der Waals surface area contributed by atoms with Gasteiger partial charge in [0.1, 0.15) is 0 Å². The van der Waals surface area contributed by atoms with Gasteiger partial charge in [0.05, 0.1) is 15.1 Å². The molecule has 2 aromatic rings. The number of nitrogens with one attached hydrogen (secondary N) is 2. The lowest BCUT2D eigenvalue weighted by Crippen LogP contribution is -2.48. The molecule has 0 saturated heterocycles. The Labute approximate surface area is 141 Å². The number of anilines is 1. The van der Waals surface area contributed by atoms with Gasteiger partial charge in [0.2, 0.25) is 5.95 Å². The summed E-state index contributed by atoms with van der Waals surface area (Å²) in [4.78, 5) is 23.9. The van der Waals surface area contributed by atoms with Crippen LogP contribution in [0.4, 0.5) is 10.7 Å². The van der Waals surface area contributed by atoms with Crippen LogP contribution in [-0.4, -0.2) is 38.2 Å². The second-order valence-electron chi connectivity index (χ2n) is 5.34. The average Bonchev–Trinajstić information content (AvgIpc) is 2.50. The lowest BCUT2D eigenvalue weighted by molar-refractivity contribution is 0.184. The van der Waals surface area contributed by atoms with Crippen molar-refractivity contribution >= 4 is 45.5 Å². The fourth-order valence-corrected chi connectivity index (χ4v) is 3.38. The predicted octanol–water partition coefficient (Wildman–Crippen LogP) is 2.62. The summed E-state index contributed by atoms with van der Waals surface area (Å²) in [5.74, 6) is 0.528. The Kier molecular flexibility index (Phi) is 4.55. The molecule has 0 aliphatic heterocycles. The smallest absolute Gasteiger partial charge is 0.404 e. The zero-order valence-electron chi connectivity index (χ0n) is 11.8. The molecule has 0 unspecified atom stereocenters. The molecule has 0 aromatic carbocycles. The monoisotopic (exact) mass is 413 g/mol. The number of carbonyl (C=O) groups is 1. The van der Waals surface area contributed by atoms with Crippen molar-refractivity contribution in [2.75, 3.05) is 5.32 Å². The van der Waals surface area contributed by atoms with Gasteiger partial charge < -0.3 is 15.7 Å². The van der Waals surface area contributed by atoms with Crippen molar-refractivity contribution < 1.29 is 9.90 Å². The minimum absolute atomic E-state index is 0.0156. The van der Waals surface area contributed by atoms with Crippen LogP contribution in [0.15, 0.2) is 18.6 Å². The summed E-state index contributed by atoms with van der Waals surface area (Å²) in [7, 11) is 0. The molecular formula is C14H16IN5O2. The van der Waals surface area contributed by atoms with E-state index in [0.717, 1.165) is 40.2 Å². The fourth-order valence-electron chi connectivity index (χ4n) is 2.79. The lowest BCUT2D eigenvalue weighted by Gasteiger charge is -2.31. The summed E-state index contributed by atoms with van der Waals surface area (Å²) in [6.45, 7) is 0. The summed E-state index contributed by atoms with van der Waals surface area (Å²) >= 11 is 2.20. The van der Waals surface area contributed by atoms with E-state index in [4.69, 9.17) is 5.11 Å². The SMILES string of the molecule is O=C(O)N[C@H]1CCCC[C@H]1Nc1ncc2cncc(I)c2n1. The molecule has 116 valence electrons. The average molecular weight is 413 g/mol. The molecule has 0 radical (unpaired) electrons. The standard InChI is InChI=1S/C14H16IN5O2/c15-9-7-16-5-8-6-17-13(20-12(8)9)18-10-3-1-2-4-11(10)19-14(21)22/h5-7,10-11,19H,1-4H2,(H,21,22)(H,17,18,20)/t10-,11+/m1/s1. The molecule has 7 nitrogen and oxygen atoms in total. The van der Waals surface area contributed by atoms with E-state index in [2.05, 4.69) is 48.2 Å². The van der Waals surface area contributed by atoms with Crippen molar-refractivity contribution in [1.82, 2.24) is 20.3 Å². The molecule has 8 heteroatoms. The van der Waals surface area contributed by atoms with Crippen LogP contribution < -0.4 is 10.6 Å². The Morgan fingerprint density at radius 2 is 2.00 bits per heavy atom. The third-order valence-corrected chi connectivity index (χ3v) is 4.62. The minimum atomic E-state index is -0.987. The fraction of sp³-hybridized carbons (Fsp3) is 0.429. The number of pyridine rings is 1. The molecule has 2 atom stereocenters. The number of amides is 1. The molecular weight excluding hydrogens is 397 g/mol. The van der Waals surface area contributed by atoms with Crippen LogP contribution >= 0.6 is 22.6 Å². The Morgan fingerprint density at radius 3 is 2.77 bits per heavy atom. The Morgan fingerprint density at radius 1 is 1.23 bits per heavy atom. The lowest BCUT2D eigenvalue weighted by atomic mass is 9.90. The van der Waals surface area contributed by atoms with E-state index < -0.39 is 6.09 Å². The highest BCUT2D eigenvalue weighted by Gasteiger charge is 2.27. The van der Waals surface area contributed by atoms with Gasteiger partial charge in [-0.3, -0.25) is 4.98 Å². The van der Waals surface area contributed by atoms with E-state index >= 15 is 0 Å². The third-order valence-electron chi connectivity index (χ3n) is 3.83. The summed E-state index contributed by atoms with van der Waals surface area (Å²) in [5.41, 5.74) is 0.853.